The van der Waals surface area contributed by atoms with Crippen molar-refractivity contribution in [3.63, 3.8) is 0 Å². The molecule has 3 aromatic rings. The van der Waals surface area contributed by atoms with Gasteiger partial charge in [-0.25, -0.2) is 0 Å². The minimum atomic E-state index is -5.09. The number of halogens is 4. The summed E-state index contributed by atoms with van der Waals surface area (Å²) in [5.41, 5.74) is 0.208. The van der Waals surface area contributed by atoms with Gasteiger partial charge in [0.2, 0.25) is 0 Å². The highest BCUT2D eigenvalue weighted by Gasteiger charge is 2.41. The highest BCUT2D eigenvalue weighted by molar-refractivity contribution is 14.1. The molecule has 140 valence electrons. The van der Waals surface area contributed by atoms with Crippen LogP contribution in [0.4, 0.5) is 13.2 Å². The van der Waals surface area contributed by atoms with E-state index in [0.717, 1.165) is 6.07 Å². The highest BCUT2D eigenvalue weighted by Crippen LogP contribution is 2.45. The Balaban J connectivity index is 2.51. The maximum Gasteiger partial charge on any atom is 0.418 e. The molecule has 8 heteroatoms. The van der Waals surface area contributed by atoms with Gasteiger partial charge in [-0.2, -0.15) is 21.6 Å². The van der Waals surface area contributed by atoms with E-state index in [1.807, 2.05) is 0 Å². The van der Waals surface area contributed by atoms with E-state index in [2.05, 4.69) is 0 Å². The van der Waals surface area contributed by atoms with E-state index in [9.17, 15) is 26.1 Å². The van der Waals surface area contributed by atoms with Gasteiger partial charge in [-0.15, -0.1) is 0 Å². The third-order valence-corrected chi connectivity index (χ3v) is 5.90. The van der Waals surface area contributed by atoms with Crippen molar-refractivity contribution in [1.29, 1.82) is 0 Å². The first-order chi connectivity index (χ1) is 12.6. The molecule has 0 amide bonds. The van der Waals surface area contributed by atoms with Crippen molar-refractivity contribution in [2.24, 2.45) is 0 Å². The smallest absolute Gasteiger partial charge is 0.282 e. The van der Waals surface area contributed by atoms with Crippen LogP contribution in [-0.2, 0) is 16.3 Å². The molecule has 0 bridgehead atoms. The van der Waals surface area contributed by atoms with Gasteiger partial charge in [0, 0.05) is 9.13 Å². The van der Waals surface area contributed by atoms with E-state index in [1.54, 1.807) is 60.7 Å². The summed E-state index contributed by atoms with van der Waals surface area (Å²) >= 11 is 1.49. The molecule has 3 rings (SSSR count). The summed E-state index contributed by atoms with van der Waals surface area (Å²) in [5, 5.41) is 0. The van der Waals surface area contributed by atoms with Crippen molar-refractivity contribution in [1.82, 2.24) is 0 Å². The van der Waals surface area contributed by atoms with Gasteiger partial charge in [-0.3, -0.25) is 4.55 Å². The fourth-order valence-electron chi connectivity index (χ4n) is 2.83. The van der Waals surface area contributed by atoms with Crippen LogP contribution in [0.5, 0.6) is 0 Å². The van der Waals surface area contributed by atoms with Gasteiger partial charge < -0.3 is 0 Å². The summed E-state index contributed by atoms with van der Waals surface area (Å²) in [5.74, 6) is 0. The van der Waals surface area contributed by atoms with E-state index in [0.29, 0.717) is 11.1 Å². The van der Waals surface area contributed by atoms with E-state index < -0.39 is 26.8 Å². The lowest BCUT2D eigenvalue weighted by Crippen LogP contribution is -2.16. The van der Waals surface area contributed by atoms with E-state index >= 15 is 0 Å². The third kappa shape index (κ3) is 4.02. The lowest BCUT2D eigenvalue weighted by Gasteiger charge is -2.20. The van der Waals surface area contributed by atoms with Crippen molar-refractivity contribution >= 4 is 32.7 Å². The average Bonchev–Trinajstić information content (AvgIpc) is 2.60. The molecule has 0 aliphatic rings. The molecule has 27 heavy (non-hydrogen) atoms. The molecule has 0 fully saturated rings. The predicted octanol–water partition coefficient (Wildman–Crippen LogP) is 5.89. The van der Waals surface area contributed by atoms with E-state index in [-0.39, 0.29) is 14.7 Å². The third-order valence-electron chi connectivity index (χ3n) is 3.94. The quantitative estimate of drug-likeness (QED) is 0.358. The van der Waals surface area contributed by atoms with Crippen molar-refractivity contribution < 1.29 is 26.1 Å². The molecule has 0 saturated carbocycles. The lowest BCUT2D eigenvalue weighted by atomic mass is 9.92. The Morgan fingerprint density at radius 1 is 0.852 bits per heavy atom. The number of alkyl halides is 3. The van der Waals surface area contributed by atoms with Gasteiger partial charge in [0.25, 0.3) is 10.1 Å². The molecular weight excluding hydrogens is 492 g/mol. The van der Waals surface area contributed by atoms with Crippen LogP contribution in [0.15, 0.2) is 71.6 Å². The fourth-order valence-corrected chi connectivity index (χ4v) is 4.95. The fraction of sp³-hybridized carbons (Fsp3) is 0.0526. The molecule has 0 saturated heterocycles. The molecule has 0 unspecified atom stereocenters. The largest absolute Gasteiger partial charge is 0.418 e. The van der Waals surface area contributed by atoms with E-state index in [1.165, 1.54) is 22.6 Å². The van der Waals surface area contributed by atoms with Crippen molar-refractivity contribution in [3.05, 3.63) is 75.9 Å². The molecule has 0 radical (unpaired) electrons. The van der Waals surface area contributed by atoms with Gasteiger partial charge in [0.1, 0.15) is 4.90 Å². The number of rotatable bonds is 3. The Bertz CT molecular complexity index is 1080. The Kier molecular flexibility index (Phi) is 5.33. The molecule has 0 aliphatic heterocycles. The van der Waals surface area contributed by atoms with Crippen LogP contribution in [0.25, 0.3) is 22.3 Å². The van der Waals surface area contributed by atoms with Crippen molar-refractivity contribution in [3.8, 4) is 22.3 Å². The molecule has 0 atom stereocenters. The molecule has 0 aliphatic carbocycles. The van der Waals surface area contributed by atoms with Crippen LogP contribution < -0.4 is 0 Å². The predicted molar refractivity (Wildman–Crippen MR) is 105 cm³/mol. The minimum Gasteiger partial charge on any atom is -0.282 e. The minimum absolute atomic E-state index is 0.252. The zero-order chi connectivity index (χ0) is 19.8. The Labute approximate surface area is 167 Å². The van der Waals surface area contributed by atoms with Crippen LogP contribution in [0, 0.1) is 3.57 Å². The molecule has 1 N–H and O–H groups in total. The topological polar surface area (TPSA) is 54.4 Å². The normalized spacial score (nSPS) is 12.2. The zero-order valence-corrected chi connectivity index (χ0v) is 16.5. The number of benzene rings is 3. The van der Waals surface area contributed by atoms with E-state index in [4.69, 9.17) is 0 Å². The molecule has 0 aromatic heterocycles. The second kappa shape index (κ2) is 7.25. The first-order valence-electron chi connectivity index (χ1n) is 7.62. The summed E-state index contributed by atoms with van der Waals surface area (Å²) in [7, 11) is -5.09. The average molecular weight is 504 g/mol. The van der Waals surface area contributed by atoms with Gasteiger partial charge in [0.15, 0.2) is 0 Å². The van der Waals surface area contributed by atoms with Crippen molar-refractivity contribution in [2.75, 3.05) is 0 Å². The van der Waals surface area contributed by atoms with Crippen LogP contribution in [0.2, 0.25) is 0 Å². The second-order valence-electron chi connectivity index (χ2n) is 5.69. The summed E-state index contributed by atoms with van der Waals surface area (Å²) in [6.07, 6.45) is -4.96. The zero-order valence-electron chi connectivity index (χ0n) is 13.5. The molecule has 0 heterocycles. The second-order valence-corrected chi connectivity index (χ2v) is 8.16. The summed E-state index contributed by atoms with van der Waals surface area (Å²) in [6.45, 7) is 0. The number of hydrogen-bond donors (Lipinski definition) is 1. The van der Waals surface area contributed by atoms with Gasteiger partial charge in [-0.1, -0.05) is 60.7 Å². The SMILES string of the molecule is O=S(=O)(O)c1cc(-c2ccccc2)c(-c2ccccc2)c(I)c1C(F)(F)F. The Hall–Kier alpha value is -1.91. The van der Waals surface area contributed by atoms with Gasteiger partial charge >= 0.3 is 6.18 Å². The standard InChI is InChI=1S/C19H12F3IO3S/c20-19(21,22)17-15(27(24,25)26)11-14(12-7-3-1-4-8-12)16(18(17)23)13-9-5-2-6-10-13/h1-11H,(H,24,25,26). The first kappa shape index (κ1) is 19.8. The maximum atomic E-state index is 13.7. The monoisotopic (exact) mass is 504 g/mol. The molecule has 3 aromatic carbocycles. The Morgan fingerprint density at radius 2 is 1.33 bits per heavy atom. The number of hydrogen-bond acceptors (Lipinski definition) is 2. The lowest BCUT2D eigenvalue weighted by molar-refractivity contribution is -0.140. The van der Waals surface area contributed by atoms with Crippen LogP contribution in [-0.4, -0.2) is 13.0 Å². The summed E-state index contributed by atoms with van der Waals surface area (Å²) in [4.78, 5) is -1.15. The summed E-state index contributed by atoms with van der Waals surface area (Å²) < 4.78 is 73.7. The maximum absolute atomic E-state index is 13.7. The van der Waals surface area contributed by atoms with Crippen LogP contribution in [0.3, 0.4) is 0 Å². The van der Waals surface area contributed by atoms with Gasteiger partial charge in [-0.05, 0) is 45.3 Å². The first-order valence-corrected chi connectivity index (χ1v) is 10.1. The highest BCUT2D eigenvalue weighted by atomic mass is 127. The summed E-state index contributed by atoms with van der Waals surface area (Å²) in [6, 6.07) is 17.8. The molecular formula is C19H12F3IO3S. The van der Waals surface area contributed by atoms with Crippen molar-refractivity contribution in [2.45, 2.75) is 11.1 Å². The van der Waals surface area contributed by atoms with Crippen LogP contribution >= 0.6 is 22.6 Å². The van der Waals surface area contributed by atoms with Crippen LogP contribution in [0.1, 0.15) is 5.56 Å². The Morgan fingerprint density at radius 3 is 1.78 bits per heavy atom. The molecule has 3 nitrogen and oxygen atoms in total. The van der Waals surface area contributed by atoms with Gasteiger partial charge in [0.05, 0.1) is 5.56 Å². The molecule has 0 spiro atoms.